The predicted octanol–water partition coefficient (Wildman–Crippen LogP) is 5.31. The number of fused-ring (bicyclic) bond motifs is 2. The molecule has 3 heterocycles. The van der Waals surface area contributed by atoms with Crippen LogP contribution in [0, 0.1) is 12.8 Å². The largest absolute Gasteiger partial charge is 0.325 e. The molecule has 1 saturated heterocycles. The van der Waals surface area contributed by atoms with Gasteiger partial charge in [0.05, 0.1) is 16.6 Å². The van der Waals surface area contributed by atoms with Gasteiger partial charge in [-0.15, -0.1) is 0 Å². The Morgan fingerprint density at radius 2 is 1.69 bits per heavy atom. The summed E-state index contributed by atoms with van der Waals surface area (Å²) in [6.07, 6.45) is 0. The molecule has 0 unspecified atom stereocenters. The van der Waals surface area contributed by atoms with Crippen molar-refractivity contribution in [3.63, 3.8) is 0 Å². The average Bonchev–Trinajstić information content (AvgIpc) is 3.36. The van der Waals surface area contributed by atoms with Gasteiger partial charge in [-0.05, 0) is 54.4 Å². The summed E-state index contributed by atoms with van der Waals surface area (Å²) in [5.41, 5.74) is 2.93. The summed E-state index contributed by atoms with van der Waals surface area (Å²) in [7, 11) is 0. The van der Waals surface area contributed by atoms with Gasteiger partial charge in [-0.1, -0.05) is 77.2 Å². The van der Waals surface area contributed by atoms with Crippen LogP contribution in [0.5, 0.6) is 0 Å². The molecule has 10 heteroatoms. The van der Waals surface area contributed by atoms with Gasteiger partial charge >= 0.3 is 4.87 Å². The van der Waals surface area contributed by atoms with Crippen LogP contribution >= 0.6 is 34.7 Å². The van der Waals surface area contributed by atoms with Gasteiger partial charge in [-0.2, -0.15) is 0 Å². The van der Waals surface area contributed by atoms with Crippen LogP contribution in [0.3, 0.4) is 0 Å². The van der Waals surface area contributed by atoms with E-state index in [9.17, 15) is 19.2 Å². The molecule has 3 aromatic carbocycles. The monoisotopic (exact) mass is 575 g/mol. The number of thiazole rings is 1. The topological polar surface area (TPSA) is 88.5 Å². The summed E-state index contributed by atoms with van der Waals surface area (Å²) in [5, 5.41) is 3.16. The molecule has 39 heavy (non-hydrogen) atoms. The molecule has 3 atom stereocenters. The van der Waals surface area contributed by atoms with E-state index >= 15 is 0 Å². The summed E-state index contributed by atoms with van der Waals surface area (Å²) in [5.74, 6) is -2.21. The van der Waals surface area contributed by atoms with Gasteiger partial charge < -0.3 is 5.32 Å². The number of halogens is 1. The highest BCUT2D eigenvalue weighted by Crippen LogP contribution is 2.53. The number of thioether (sulfide) groups is 1. The number of nitrogens with one attached hydrogen (secondary N) is 1. The van der Waals surface area contributed by atoms with Crippen LogP contribution in [-0.2, 0) is 20.9 Å². The van der Waals surface area contributed by atoms with E-state index in [0.29, 0.717) is 26.3 Å². The first kappa shape index (κ1) is 25.6. The maximum Gasteiger partial charge on any atom is 0.308 e. The number of rotatable bonds is 5. The molecule has 0 bridgehead atoms. The average molecular weight is 576 g/mol. The molecule has 0 aliphatic carbocycles. The first-order valence-corrected chi connectivity index (χ1v) is 14.3. The second-order valence-electron chi connectivity index (χ2n) is 9.48. The van der Waals surface area contributed by atoms with E-state index in [1.807, 2.05) is 55.5 Å². The molecule has 3 amide bonds. The van der Waals surface area contributed by atoms with Crippen molar-refractivity contribution in [3.8, 4) is 0 Å². The van der Waals surface area contributed by atoms with Crippen LogP contribution in [0.2, 0.25) is 5.02 Å². The Labute approximate surface area is 237 Å². The van der Waals surface area contributed by atoms with Crippen LogP contribution in [0.1, 0.15) is 21.9 Å². The number of benzene rings is 3. The first-order valence-electron chi connectivity index (χ1n) is 12.3. The minimum Gasteiger partial charge on any atom is -0.325 e. The molecule has 2 aliphatic rings. The third-order valence-corrected chi connectivity index (χ3v) is 9.75. The fourth-order valence-corrected chi connectivity index (χ4v) is 8.09. The third-order valence-electron chi connectivity index (χ3n) is 6.90. The Morgan fingerprint density at radius 1 is 0.949 bits per heavy atom. The third kappa shape index (κ3) is 4.60. The number of nitrogens with zero attached hydrogens (tertiary/aromatic N) is 2. The maximum absolute atomic E-state index is 13.8. The molecule has 2 aliphatic heterocycles. The number of amides is 3. The number of imide groups is 1. The van der Waals surface area contributed by atoms with Crippen molar-refractivity contribution in [3.05, 3.63) is 110 Å². The van der Waals surface area contributed by atoms with Crippen molar-refractivity contribution >= 4 is 63.8 Å². The molecule has 7 nitrogen and oxygen atoms in total. The summed E-state index contributed by atoms with van der Waals surface area (Å²) >= 11 is 8.26. The molecule has 196 valence electrons. The smallest absolute Gasteiger partial charge is 0.308 e. The minimum atomic E-state index is -0.744. The minimum absolute atomic E-state index is 0.201. The number of aryl methyl sites for hydroxylation is 1. The zero-order valence-corrected chi connectivity index (χ0v) is 23.1. The Balaban J connectivity index is 1.40. The second-order valence-corrected chi connectivity index (χ2v) is 12.0. The number of carbonyl (C=O) groups is 3. The second kappa shape index (κ2) is 10.1. The summed E-state index contributed by atoms with van der Waals surface area (Å²) in [4.78, 5) is 55.4. The van der Waals surface area contributed by atoms with Gasteiger partial charge in [-0.25, -0.2) is 4.90 Å². The van der Waals surface area contributed by atoms with Crippen molar-refractivity contribution < 1.29 is 14.4 Å². The molecule has 1 N–H and O–H groups in total. The quantitative estimate of drug-likeness (QED) is 0.326. The van der Waals surface area contributed by atoms with Crippen LogP contribution in [0.4, 0.5) is 11.4 Å². The normalized spacial score (nSPS) is 20.1. The number of hydrogen-bond acceptors (Lipinski definition) is 6. The molecule has 4 aromatic rings. The lowest BCUT2D eigenvalue weighted by Gasteiger charge is -2.30. The van der Waals surface area contributed by atoms with E-state index in [2.05, 4.69) is 5.32 Å². The lowest BCUT2D eigenvalue weighted by molar-refractivity contribution is -0.122. The molecular weight excluding hydrogens is 554 g/mol. The highest BCUT2D eigenvalue weighted by molar-refractivity contribution is 8.00. The van der Waals surface area contributed by atoms with E-state index in [-0.39, 0.29) is 29.1 Å². The van der Waals surface area contributed by atoms with Crippen molar-refractivity contribution in [1.82, 2.24) is 4.57 Å². The number of carbonyl (C=O) groups excluding carboxylic acids is 3. The summed E-state index contributed by atoms with van der Waals surface area (Å²) < 4.78 is 1.42. The number of anilines is 2. The van der Waals surface area contributed by atoms with Crippen LogP contribution in [-0.4, -0.2) is 27.5 Å². The van der Waals surface area contributed by atoms with E-state index in [4.69, 9.17) is 11.6 Å². The van der Waals surface area contributed by atoms with Gasteiger partial charge in [0.15, 0.2) is 0 Å². The Hall–Kier alpha value is -3.66. The molecule has 1 aromatic heterocycles. The number of hydrogen-bond donors (Lipinski definition) is 1. The van der Waals surface area contributed by atoms with Gasteiger partial charge in [0.2, 0.25) is 17.7 Å². The summed E-state index contributed by atoms with van der Waals surface area (Å²) in [6.45, 7) is 1.73. The lowest BCUT2D eigenvalue weighted by Crippen LogP contribution is -2.33. The van der Waals surface area contributed by atoms with Gasteiger partial charge in [0.1, 0.15) is 11.8 Å². The highest BCUT2D eigenvalue weighted by atomic mass is 35.5. The van der Waals surface area contributed by atoms with Crippen molar-refractivity contribution in [2.75, 3.05) is 10.2 Å². The Bertz CT molecular complexity index is 1670. The molecule has 1 fully saturated rings. The van der Waals surface area contributed by atoms with E-state index in [0.717, 1.165) is 22.5 Å². The van der Waals surface area contributed by atoms with E-state index in [1.54, 1.807) is 30.3 Å². The predicted molar refractivity (Wildman–Crippen MR) is 154 cm³/mol. The van der Waals surface area contributed by atoms with E-state index in [1.165, 1.54) is 21.2 Å². The standard InChI is InChI=1S/C29H22ClN3O4S2/c1-16-6-5-9-19(14-16)31-21(34)15-32-28-25(39-29(32)37)22(17-7-3-2-4-8-17)23-24(38-28)27(36)33(26(23)35)20-12-10-18(30)11-13-20/h2-14,22-24H,15H2,1H3,(H,31,34)/t22-,23-,24+/m0/s1. The van der Waals surface area contributed by atoms with Crippen molar-refractivity contribution in [1.29, 1.82) is 0 Å². The van der Waals surface area contributed by atoms with E-state index < -0.39 is 17.1 Å². The maximum atomic E-state index is 13.8. The van der Waals surface area contributed by atoms with Gasteiger partial charge in [-0.3, -0.25) is 23.7 Å². The zero-order valence-electron chi connectivity index (χ0n) is 20.7. The number of aromatic nitrogens is 1. The van der Waals surface area contributed by atoms with Crippen LogP contribution in [0.15, 0.2) is 88.7 Å². The first-order chi connectivity index (χ1) is 18.8. The van der Waals surface area contributed by atoms with Gasteiger partial charge in [0, 0.05) is 21.5 Å². The molecule has 0 saturated carbocycles. The van der Waals surface area contributed by atoms with Crippen LogP contribution < -0.4 is 15.1 Å². The zero-order chi connectivity index (χ0) is 27.3. The molecular formula is C29H22ClN3O4S2. The van der Waals surface area contributed by atoms with Crippen molar-refractivity contribution in [2.45, 2.75) is 29.7 Å². The fourth-order valence-electron chi connectivity index (χ4n) is 5.19. The summed E-state index contributed by atoms with van der Waals surface area (Å²) in [6, 6.07) is 23.4. The molecule has 0 spiro atoms. The Kier molecular flexibility index (Phi) is 6.66. The SMILES string of the molecule is Cc1cccc(NC(=O)Cn2c3c(sc2=O)[C@@H](c2ccccc2)[C@@H]2C(=O)N(c4ccc(Cl)cc4)C(=O)[C@@H]2S3)c1. The highest BCUT2D eigenvalue weighted by Gasteiger charge is 2.56. The fraction of sp³-hybridized carbons (Fsp3) is 0.172. The Morgan fingerprint density at radius 3 is 2.41 bits per heavy atom. The van der Waals surface area contributed by atoms with Crippen LogP contribution in [0.25, 0.3) is 0 Å². The molecule has 0 radical (unpaired) electrons. The van der Waals surface area contributed by atoms with Gasteiger partial charge in [0.25, 0.3) is 0 Å². The lowest BCUT2D eigenvalue weighted by atomic mass is 9.83. The molecule has 6 rings (SSSR count). The van der Waals surface area contributed by atoms with Crippen molar-refractivity contribution in [2.24, 2.45) is 5.92 Å².